The number of carbonyl (C=O) groups is 1. The maximum Gasteiger partial charge on any atom is 0.239 e. The fourth-order valence-electron chi connectivity index (χ4n) is 1.37. The van der Waals surface area contributed by atoms with Crippen molar-refractivity contribution in [3.63, 3.8) is 0 Å². The molecular weight excluding hydrogens is 250 g/mol. The molecule has 0 aromatic heterocycles. The van der Waals surface area contributed by atoms with Gasteiger partial charge >= 0.3 is 0 Å². The Bertz CT molecular complexity index is 454. The van der Waals surface area contributed by atoms with Gasteiger partial charge in [0.25, 0.3) is 0 Å². The molecule has 0 atom stereocenters. The average Bonchev–Trinajstić information content (AvgIpc) is 2.38. The molecule has 2 N–H and O–H groups in total. The third-order valence-corrected chi connectivity index (χ3v) is 2.72. The normalized spacial score (nSPS) is 9.61. The summed E-state index contributed by atoms with van der Waals surface area (Å²) >= 11 is 5.96. The number of halogens is 1. The Labute approximate surface area is 112 Å². The smallest absolute Gasteiger partial charge is 0.239 e. The number of nitrogens with zero attached hydrogens (tertiary/aromatic N) is 1. The van der Waals surface area contributed by atoms with Gasteiger partial charge in [0.2, 0.25) is 5.91 Å². The van der Waals surface area contributed by atoms with Crippen LogP contribution in [0.4, 0.5) is 5.69 Å². The fraction of sp³-hybridized carbons (Fsp3) is 0.385. The van der Waals surface area contributed by atoms with Crippen LogP contribution in [0, 0.1) is 11.3 Å². The van der Waals surface area contributed by atoms with Crippen LogP contribution >= 0.6 is 11.6 Å². The van der Waals surface area contributed by atoms with E-state index in [-0.39, 0.29) is 12.5 Å². The SMILES string of the molecule is CCCCNC(=O)CNc1cc(C#N)ccc1Cl. The molecule has 0 spiro atoms. The lowest BCUT2D eigenvalue weighted by atomic mass is 10.2. The number of unbranched alkanes of at least 4 members (excludes halogenated alkanes) is 1. The van der Waals surface area contributed by atoms with Gasteiger partial charge < -0.3 is 10.6 Å². The van der Waals surface area contributed by atoms with Crippen LogP contribution in [-0.2, 0) is 4.79 Å². The molecule has 96 valence electrons. The summed E-state index contributed by atoms with van der Waals surface area (Å²) < 4.78 is 0. The molecule has 4 nitrogen and oxygen atoms in total. The monoisotopic (exact) mass is 265 g/mol. The van der Waals surface area contributed by atoms with Crippen LogP contribution in [-0.4, -0.2) is 19.0 Å². The first-order valence-electron chi connectivity index (χ1n) is 5.87. The summed E-state index contributed by atoms with van der Waals surface area (Å²) in [6.07, 6.45) is 2.01. The maximum atomic E-state index is 11.5. The number of carbonyl (C=O) groups excluding carboxylic acids is 1. The predicted octanol–water partition coefficient (Wildman–Crippen LogP) is 2.54. The molecule has 0 bridgehead atoms. The lowest BCUT2D eigenvalue weighted by molar-refractivity contribution is -0.119. The zero-order valence-corrected chi connectivity index (χ0v) is 11.0. The van der Waals surface area contributed by atoms with E-state index >= 15 is 0 Å². The molecule has 0 aliphatic carbocycles. The van der Waals surface area contributed by atoms with Crippen LogP contribution < -0.4 is 10.6 Å². The van der Waals surface area contributed by atoms with E-state index in [1.807, 2.05) is 6.07 Å². The Balaban J connectivity index is 2.48. The highest BCUT2D eigenvalue weighted by molar-refractivity contribution is 6.33. The molecule has 0 radical (unpaired) electrons. The number of amides is 1. The highest BCUT2D eigenvalue weighted by Gasteiger charge is 2.04. The molecule has 18 heavy (non-hydrogen) atoms. The Kier molecular flexibility index (Phi) is 6.03. The second kappa shape index (κ2) is 7.57. The number of nitriles is 1. The lowest BCUT2D eigenvalue weighted by Crippen LogP contribution is -2.30. The van der Waals surface area contributed by atoms with E-state index in [0.29, 0.717) is 22.8 Å². The van der Waals surface area contributed by atoms with E-state index in [4.69, 9.17) is 16.9 Å². The molecule has 5 heteroatoms. The standard InChI is InChI=1S/C13H16ClN3O/c1-2-3-6-16-13(18)9-17-12-7-10(8-15)4-5-11(12)14/h4-5,7,17H,2-3,6,9H2,1H3,(H,16,18). The van der Waals surface area contributed by atoms with Gasteiger partial charge in [0, 0.05) is 6.54 Å². The van der Waals surface area contributed by atoms with Crippen LogP contribution in [0.1, 0.15) is 25.3 Å². The van der Waals surface area contributed by atoms with Gasteiger partial charge in [-0.2, -0.15) is 5.26 Å². The summed E-state index contributed by atoms with van der Waals surface area (Å²) in [4.78, 5) is 11.5. The molecule has 1 rings (SSSR count). The number of benzene rings is 1. The third-order valence-electron chi connectivity index (χ3n) is 2.39. The van der Waals surface area contributed by atoms with E-state index in [9.17, 15) is 4.79 Å². The van der Waals surface area contributed by atoms with Gasteiger partial charge in [-0.3, -0.25) is 4.79 Å². The second-order valence-corrected chi connectivity index (χ2v) is 4.27. The second-order valence-electron chi connectivity index (χ2n) is 3.86. The van der Waals surface area contributed by atoms with Crippen LogP contribution in [0.15, 0.2) is 18.2 Å². The van der Waals surface area contributed by atoms with E-state index in [1.54, 1.807) is 18.2 Å². The first-order valence-corrected chi connectivity index (χ1v) is 6.25. The predicted molar refractivity (Wildman–Crippen MR) is 72.6 cm³/mol. The van der Waals surface area contributed by atoms with Gasteiger partial charge in [0.1, 0.15) is 0 Å². The van der Waals surface area contributed by atoms with E-state index < -0.39 is 0 Å². The fourth-order valence-corrected chi connectivity index (χ4v) is 1.56. The van der Waals surface area contributed by atoms with Gasteiger partial charge in [-0.25, -0.2) is 0 Å². The van der Waals surface area contributed by atoms with Crippen molar-refractivity contribution in [1.29, 1.82) is 5.26 Å². The van der Waals surface area contributed by atoms with Gasteiger partial charge in [0.15, 0.2) is 0 Å². The minimum Gasteiger partial charge on any atom is -0.375 e. The van der Waals surface area contributed by atoms with Crippen LogP contribution in [0.2, 0.25) is 5.02 Å². The minimum absolute atomic E-state index is 0.0816. The number of nitrogens with one attached hydrogen (secondary N) is 2. The van der Waals surface area contributed by atoms with Gasteiger partial charge in [0.05, 0.1) is 28.9 Å². The Morgan fingerprint density at radius 3 is 2.94 bits per heavy atom. The quantitative estimate of drug-likeness (QED) is 0.777. The molecule has 0 saturated heterocycles. The largest absolute Gasteiger partial charge is 0.375 e. The van der Waals surface area contributed by atoms with E-state index in [2.05, 4.69) is 17.6 Å². The third kappa shape index (κ3) is 4.64. The summed E-state index contributed by atoms with van der Waals surface area (Å²) in [5, 5.41) is 15.0. The minimum atomic E-state index is -0.0816. The maximum absolute atomic E-state index is 11.5. The Morgan fingerprint density at radius 1 is 1.50 bits per heavy atom. The van der Waals surface area contributed by atoms with Crippen molar-refractivity contribution in [2.75, 3.05) is 18.4 Å². The van der Waals surface area contributed by atoms with Crippen molar-refractivity contribution in [3.05, 3.63) is 28.8 Å². The van der Waals surface area contributed by atoms with Crippen molar-refractivity contribution >= 4 is 23.2 Å². The highest BCUT2D eigenvalue weighted by atomic mass is 35.5. The molecule has 0 aliphatic rings. The van der Waals surface area contributed by atoms with Crippen LogP contribution in [0.25, 0.3) is 0 Å². The molecule has 0 heterocycles. The molecule has 0 saturated carbocycles. The molecule has 0 aliphatic heterocycles. The van der Waals surface area contributed by atoms with Crippen molar-refractivity contribution in [2.24, 2.45) is 0 Å². The lowest BCUT2D eigenvalue weighted by Gasteiger charge is -2.09. The summed E-state index contributed by atoms with van der Waals surface area (Å²) in [7, 11) is 0. The summed E-state index contributed by atoms with van der Waals surface area (Å²) in [5.74, 6) is -0.0816. The van der Waals surface area contributed by atoms with Crippen molar-refractivity contribution in [1.82, 2.24) is 5.32 Å². The van der Waals surface area contributed by atoms with Crippen molar-refractivity contribution < 1.29 is 4.79 Å². The van der Waals surface area contributed by atoms with Gasteiger partial charge in [-0.05, 0) is 24.6 Å². The van der Waals surface area contributed by atoms with Gasteiger partial charge in [-0.15, -0.1) is 0 Å². The zero-order chi connectivity index (χ0) is 13.4. The first-order chi connectivity index (χ1) is 8.67. The van der Waals surface area contributed by atoms with Crippen LogP contribution in [0.5, 0.6) is 0 Å². The number of hydrogen-bond donors (Lipinski definition) is 2. The first kappa shape index (κ1) is 14.3. The molecule has 1 aromatic carbocycles. The zero-order valence-electron chi connectivity index (χ0n) is 10.3. The molecular formula is C13H16ClN3O. The number of rotatable bonds is 6. The molecule has 0 fully saturated rings. The topological polar surface area (TPSA) is 64.9 Å². The Hall–Kier alpha value is -1.73. The number of anilines is 1. The number of hydrogen-bond acceptors (Lipinski definition) is 3. The molecule has 1 amide bonds. The average molecular weight is 266 g/mol. The van der Waals surface area contributed by atoms with E-state index in [0.717, 1.165) is 12.8 Å². The van der Waals surface area contributed by atoms with Crippen LogP contribution in [0.3, 0.4) is 0 Å². The highest BCUT2D eigenvalue weighted by Crippen LogP contribution is 2.22. The summed E-state index contributed by atoms with van der Waals surface area (Å²) in [6, 6.07) is 6.92. The van der Waals surface area contributed by atoms with Gasteiger partial charge in [-0.1, -0.05) is 24.9 Å². The van der Waals surface area contributed by atoms with Crippen molar-refractivity contribution in [3.8, 4) is 6.07 Å². The molecule has 0 unspecified atom stereocenters. The van der Waals surface area contributed by atoms with Crippen molar-refractivity contribution in [2.45, 2.75) is 19.8 Å². The summed E-state index contributed by atoms with van der Waals surface area (Å²) in [6.45, 7) is 2.90. The summed E-state index contributed by atoms with van der Waals surface area (Å²) in [5.41, 5.74) is 1.11. The Morgan fingerprint density at radius 2 is 2.28 bits per heavy atom. The van der Waals surface area contributed by atoms with E-state index in [1.165, 1.54) is 0 Å². The molecule has 1 aromatic rings.